The van der Waals surface area contributed by atoms with Crippen LogP contribution in [0.25, 0.3) is 0 Å². The Morgan fingerprint density at radius 1 is 1.12 bits per heavy atom. The summed E-state index contributed by atoms with van der Waals surface area (Å²) in [7, 11) is 0. The number of hydrogen-bond donors (Lipinski definition) is 1. The van der Waals surface area contributed by atoms with Crippen LogP contribution in [-0.4, -0.2) is 71.4 Å². The Morgan fingerprint density at radius 2 is 1.88 bits per heavy atom. The molecule has 0 aromatic heterocycles. The number of nitrogens with one attached hydrogen (secondary N) is 1. The lowest BCUT2D eigenvalue weighted by molar-refractivity contribution is -0.132. The zero-order valence-corrected chi connectivity index (χ0v) is 15.9. The summed E-state index contributed by atoms with van der Waals surface area (Å²) in [5.41, 5.74) is 1.17. The van der Waals surface area contributed by atoms with Gasteiger partial charge in [-0.25, -0.2) is 4.79 Å². The first-order valence-electron chi connectivity index (χ1n) is 9.67. The Hall–Kier alpha value is -2.08. The number of hydrogen-bond acceptors (Lipinski definition) is 3. The summed E-state index contributed by atoms with van der Waals surface area (Å²) in [5, 5.41) is 2.96. The molecule has 3 amide bonds. The second-order valence-corrected chi connectivity index (χ2v) is 7.53. The lowest BCUT2D eigenvalue weighted by Crippen LogP contribution is -2.46. The molecule has 0 spiro atoms. The Morgan fingerprint density at radius 3 is 2.62 bits per heavy atom. The summed E-state index contributed by atoms with van der Waals surface area (Å²) in [6.07, 6.45) is 1.79. The molecular weight excluding hydrogens is 328 g/mol. The molecule has 1 aromatic carbocycles. The highest BCUT2D eigenvalue weighted by atomic mass is 16.2. The quantitative estimate of drug-likeness (QED) is 0.895. The van der Waals surface area contributed by atoms with Crippen LogP contribution in [0.5, 0.6) is 0 Å². The third-order valence-corrected chi connectivity index (χ3v) is 5.16. The van der Waals surface area contributed by atoms with E-state index in [1.54, 1.807) is 0 Å². The zero-order valence-electron chi connectivity index (χ0n) is 15.9. The molecule has 2 aliphatic heterocycles. The van der Waals surface area contributed by atoms with Crippen LogP contribution >= 0.6 is 0 Å². The molecule has 2 saturated heterocycles. The maximum absolute atomic E-state index is 12.9. The average molecular weight is 358 g/mol. The van der Waals surface area contributed by atoms with Gasteiger partial charge < -0.3 is 15.1 Å². The van der Waals surface area contributed by atoms with Gasteiger partial charge in [0.15, 0.2) is 0 Å². The molecule has 2 heterocycles. The van der Waals surface area contributed by atoms with E-state index < -0.39 is 0 Å². The van der Waals surface area contributed by atoms with Gasteiger partial charge in [0.25, 0.3) is 0 Å². The van der Waals surface area contributed by atoms with Gasteiger partial charge in [0.2, 0.25) is 5.91 Å². The molecular formula is C20H30N4O2. The van der Waals surface area contributed by atoms with Crippen molar-refractivity contribution < 1.29 is 9.59 Å². The van der Waals surface area contributed by atoms with Gasteiger partial charge in [-0.3, -0.25) is 9.69 Å². The predicted octanol–water partition coefficient (Wildman–Crippen LogP) is 1.91. The van der Waals surface area contributed by atoms with Crippen molar-refractivity contribution in [2.24, 2.45) is 0 Å². The van der Waals surface area contributed by atoms with Gasteiger partial charge >= 0.3 is 6.03 Å². The van der Waals surface area contributed by atoms with Crippen molar-refractivity contribution in [2.45, 2.75) is 45.3 Å². The van der Waals surface area contributed by atoms with Gasteiger partial charge in [-0.05, 0) is 32.3 Å². The van der Waals surface area contributed by atoms with E-state index >= 15 is 0 Å². The van der Waals surface area contributed by atoms with Crippen molar-refractivity contribution in [2.75, 3.05) is 32.7 Å². The van der Waals surface area contributed by atoms with Crippen molar-refractivity contribution in [1.29, 1.82) is 0 Å². The van der Waals surface area contributed by atoms with E-state index in [-0.39, 0.29) is 24.0 Å². The van der Waals surface area contributed by atoms with E-state index in [1.807, 2.05) is 41.8 Å². The maximum atomic E-state index is 12.9. The number of carbonyl (C=O) groups excluding carboxylic acids is 2. The van der Waals surface area contributed by atoms with Gasteiger partial charge in [0, 0.05) is 45.3 Å². The standard InChI is InChI=1S/C20H30N4O2/c1-16(2)21-20(26)23-11-6-10-22(13-14-23)18-9-12-24(19(18)25)15-17-7-4-3-5-8-17/h3-5,7-8,16,18H,6,9-15H2,1-2H3,(H,21,26)/t18-/m1/s1. The van der Waals surface area contributed by atoms with Crippen LogP contribution in [0.15, 0.2) is 30.3 Å². The Kier molecular flexibility index (Phi) is 6.14. The predicted molar refractivity (Wildman–Crippen MR) is 102 cm³/mol. The fourth-order valence-electron chi connectivity index (χ4n) is 3.81. The number of amides is 3. The second-order valence-electron chi connectivity index (χ2n) is 7.53. The summed E-state index contributed by atoms with van der Waals surface area (Å²) in [5.74, 6) is 0.230. The lowest BCUT2D eigenvalue weighted by Gasteiger charge is -2.27. The van der Waals surface area contributed by atoms with Gasteiger partial charge in [0.1, 0.15) is 0 Å². The number of carbonyl (C=O) groups is 2. The Bertz CT molecular complexity index is 619. The molecule has 0 radical (unpaired) electrons. The van der Waals surface area contributed by atoms with Crippen LogP contribution < -0.4 is 5.32 Å². The first-order valence-corrected chi connectivity index (χ1v) is 9.67. The van der Waals surface area contributed by atoms with E-state index in [4.69, 9.17) is 0 Å². The van der Waals surface area contributed by atoms with E-state index in [2.05, 4.69) is 22.3 Å². The molecule has 26 heavy (non-hydrogen) atoms. The van der Waals surface area contributed by atoms with Crippen molar-refractivity contribution in [3.05, 3.63) is 35.9 Å². The van der Waals surface area contributed by atoms with Gasteiger partial charge in [-0.2, -0.15) is 0 Å². The van der Waals surface area contributed by atoms with Crippen LogP contribution in [0, 0.1) is 0 Å². The van der Waals surface area contributed by atoms with Gasteiger partial charge in [-0.1, -0.05) is 30.3 Å². The fourth-order valence-corrected chi connectivity index (χ4v) is 3.81. The van der Waals surface area contributed by atoms with Crippen molar-refractivity contribution in [3.8, 4) is 0 Å². The third-order valence-electron chi connectivity index (χ3n) is 5.16. The largest absolute Gasteiger partial charge is 0.337 e. The Labute approximate surface area is 156 Å². The summed E-state index contributed by atoms with van der Waals surface area (Å²) in [6.45, 7) is 8.52. The van der Waals surface area contributed by atoms with Gasteiger partial charge in [-0.15, -0.1) is 0 Å². The summed E-state index contributed by atoms with van der Waals surface area (Å²) in [6, 6.07) is 10.3. The summed E-state index contributed by atoms with van der Waals surface area (Å²) >= 11 is 0. The molecule has 0 aliphatic carbocycles. The minimum absolute atomic E-state index is 0.00491. The topological polar surface area (TPSA) is 55.9 Å². The monoisotopic (exact) mass is 358 g/mol. The van der Waals surface area contributed by atoms with Crippen LogP contribution in [0.1, 0.15) is 32.3 Å². The third kappa shape index (κ3) is 4.55. The molecule has 142 valence electrons. The molecule has 1 aromatic rings. The maximum Gasteiger partial charge on any atom is 0.317 e. The van der Waals surface area contributed by atoms with E-state index in [9.17, 15) is 9.59 Å². The molecule has 1 atom stereocenters. The summed E-state index contributed by atoms with van der Waals surface area (Å²) < 4.78 is 0. The molecule has 0 bridgehead atoms. The molecule has 0 unspecified atom stereocenters. The number of nitrogens with zero attached hydrogens (tertiary/aromatic N) is 3. The SMILES string of the molecule is CC(C)NC(=O)N1CCCN([C@@H]2CCN(Cc3ccccc3)C2=O)CC1. The number of benzene rings is 1. The van der Waals surface area contributed by atoms with Crippen molar-refractivity contribution in [1.82, 2.24) is 20.0 Å². The minimum atomic E-state index is -0.0353. The van der Waals surface area contributed by atoms with Crippen molar-refractivity contribution in [3.63, 3.8) is 0 Å². The highest BCUT2D eigenvalue weighted by Gasteiger charge is 2.36. The Balaban J connectivity index is 1.55. The minimum Gasteiger partial charge on any atom is -0.337 e. The van der Waals surface area contributed by atoms with E-state index in [0.29, 0.717) is 13.1 Å². The van der Waals surface area contributed by atoms with E-state index in [1.165, 1.54) is 5.56 Å². The summed E-state index contributed by atoms with van der Waals surface area (Å²) in [4.78, 5) is 31.2. The average Bonchev–Trinajstić information content (AvgIpc) is 2.83. The smallest absolute Gasteiger partial charge is 0.317 e. The molecule has 6 nitrogen and oxygen atoms in total. The molecule has 6 heteroatoms. The molecule has 2 fully saturated rings. The highest BCUT2D eigenvalue weighted by molar-refractivity contribution is 5.84. The number of rotatable bonds is 4. The van der Waals surface area contributed by atoms with Crippen LogP contribution in [-0.2, 0) is 11.3 Å². The normalized spacial score (nSPS) is 22.0. The zero-order chi connectivity index (χ0) is 18.5. The molecule has 1 N–H and O–H groups in total. The molecule has 2 aliphatic rings. The fraction of sp³-hybridized carbons (Fsp3) is 0.600. The van der Waals surface area contributed by atoms with Gasteiger partial charge in [0.05, 0.1) is 6.04 Å². The molecule has 3 rings (SSSR count). The van der Waals surface area contributed by atoms with Crippen LogP contribution in [0.4, 0.5) is 4.79 Å². The van der Waals surface area contributed by atoms with Crippen LogP contribution in [0.3, 0.4) is 0 Å². The lowest BCUT2D eigenvalue weighted by atomic mass is 10.2. The van der Waals surface area contributed by atoms with Crippen LogP contribution in [0.2, 0.25) is 0 Å². The first kappa shape index (κ1) is 18.7. The highest BCUT2D eigenvalue weighted by Crippen LogP contribution is 2.21. The van der Waals surface area contributed by atoms with Crippen molar-refractivity contribution >= 4 is 11.9 Å². The van der Waals surface area contributed by atoms with E-state index in [0.717, 1.165) is 39.0 Å². The number of urea groups is 1. The first-order chi connectivity index (χ1) is 12.5. The second kappa shape index (κ2) is 8.54. The molecule has 0 saturated carbocycles. The number of likely N-dealkylation sites (tertiary alicyclic amines) is 1.